The number of carbonyl (C=O) groups is 1. The van der Waals surface area contributed by atoms with Crippen molar-refractivity contribution in [3.63, 3.8) is 0 Å². The smallest absolute Gasteiger partial charge is 0.409 e. The Labute approximate surface area is 95.4 Å². The zero-order valence-electron chi connectivity index (χ0n) is 9.91. The van der Waals surface area contributed by atoms with E-state index in [0.717, 1.165) is 12.8 Å². The number of rotatable bonds is 3. The highest BCUT2D eigenvalue weighted by Crippen LogP contribution is 2.25. The van der Waals surface area contributed by atoms with E-state index in [1.807, 2.05) is 6.92 Å². The third kappa shape index (κ3) is 3.33. The number of ether oxygens (including phenoxy) is 1. The van der Waals surface area contributed by atoms with Crippen LogP contribution in [0, 0.1) is 0 Å². The first-order valence-corrected chi connectivity index (χ1v) is 5.76. The highest BCUT2D eigenvalue weighted by Gasteiger charge is 2.40. The molecule has 0 aromatic carbocycles. The molecule has 1 N–H and O–H groups in total. The molecule has 2 unspecified atom stereocenters. The molecule has 16 heavy (non-hydrogen) atoms. The van der Waals surface area contributed by atoms with Crippen molar-refractivity contribution >= 4 is 6.09 Å². The fraction of sp³-hybridized carbons (Fsp3) is 0.909. The van der Waals surface area contributed by atoms with E-state index in [-0.39, 0.29) is 13.0 Å². The summed E-state index contributed by atoms with van der Waals surface area (Å²) in [4.78, 5) is 12.8. The maximum absolute atomic E-state index is 13.8. The Bertz CT molecular complexity index is 245. The van der Waals surface area contributed by atoms with Gasteiger partial charge in [0.1, 0.15) is 0 Å². The Morgan fingerprint density at radius 1 is 1.69 bits per heavy atom. The Balaban J connectivity index is 2.40. The number of aliphatic hydroxyl groups is 1. The molecule has 1 amide bonds. The highest BCUT2D eigenvalue weighted by molar-refractivity contribution is 5.67. The summed E-state index contributed by atoms with van der Waals surface area (Å²) in [6, 6.07) is 0. The monoisotopic (exact) mass is 233 g/mol. The minimum atomic E-state index is -1.73. The maximum Gasteiger partial charge on any atom is 0.409 e. The number of piperidine rings is 1. The van der Waals surface area contributed by atoms with Gasteiger partial charge in [0.05, 0.1) is 19.3 Å². The van der Waals surface area contributed by atoms with Gasteiger partial charge < -0.3 is 14.7 Å². The lowest BCUT2D eigenvalue weighted by atomic mass is 9.94. The van der Waals surface area contributed by atoms with Crippen molar-refractivity contribution in [2.24, 2.45) is 0 Å². The van der Waals surface area contributed by atoms with Crippen LogP contribution in [-0.4, -0.2) is 47.6 Å². The van der Waals surface area contributed by atoms with Crippen molar-refractivity contribution in [3.05, 3.63) is 0 Å². The number of halogens is 1. The van der Waals surface area contributed by atoms with Crippen molar-refractivity contribution < 1.29 is 19.0 Å². The van der Waals surface area contributed by atoms with Crippen LogP contribution in [0.4, 0.5) is 9.18 Å². The number of carbonyl (C=O) groups excluding carboxylic acids is 1. The molecule has 1 rings (SSSR count). The molecule has 1 fully saturated rings. The first-order valence-electron chi connectivity index (χ1n) is 5.76. The van der Waals surface area contributed by atoms with Gasteiger partial charge in [0.2, 0.25) is 0 Å². The molecule has 5 heteroatoms. The van der Waals surface area contributed by atoms with Gasteiger partial charge in [-0.3, -0.25) is 0 Å². The number of unbranched alkanes of at least 4 members (excludes halogenated alkanes) is 1. The minimum Gasteiger partial charge on any atom is -0.449 e. The lowest BCUT2D eigenvalue weighted by Crippen LogP contribution is -2.54. The van der Waals surface area contributed by atoms with Crippen LogP contribution in [0.5, 0.6) is 0 Å². The molecular weight excluding hydrogens is 213 g/mol. The van der Waals surface area contributed by atoms with Crippen molar-refractivity contribution in [3.8, 4) is 0 Å². The van der Waals surface area contributed by atoms with E-state index in [2.05, 4.69) is 0 Å². The summed E-state index contributed by atoms with van der Waals surface area (Å²) in [5.41, 5.74) is -1.73. The SMILES string of the molecule is CCCCOC(=O)N1CCC(O)C(C)(F)C1. The number of alkyl halides is 1. The summed E-state index contributed by atoms with van der Waals surface area (Å²) < 4.78 is 18.8. The second-order valence-electron chi connectivity index (χ2n) is 4.47. The van der Waals surface area contributed by atoms with Crippen LogP contribution in [-0.2, 0) is 4.74 Å². The fourth-order valence-corrected chi connectivity index (χ4v) is 1.69. The van der Waals surface area contributed by atoms with E-state index in [1.54, 1.807) is 0 Å². The van der Waals surface area contributed by atoms with Crippen LogP contribution in [0.3, 0.4) is 0 Å². The molecule has 1 aliphatic heterocycles. The molecule has 94 valence electrons. The summed E-state index contributed by atoms with van der Waals surface area (Å²) in [6.45, 7) is 3.94. The van der Waals surface area contributed by atoms with Crippen molar-refractivity contribution in [1.29, 1.82) is 0 Å². The van der Waals surface area contributed by atoms with E-state index in [0.29, 0.717) is 13.2 Å². The van der Waals surface area contributed by atoms with Gasteiger partial charge in [-0.25, -0.2) is 9.18 Å². The molecule has 2 atom stereocenters. The number of aliphatic hydroxyl groups excluding tert-OH is 1. The van der Waals surface area contributed by atoms with Crippen LogP contribution >= 0.6 is 0 Å². The van der Waals surface area contributed by atoms with Gasteiger partial charge in [-0.15, -0.1) is 0 Å². The zero-order chi connectivity index (χ0) is 12.2. The molecule has 1 heterocycles. The largest absolute Gasteiger partial charge is 0.449 e. The Morgan fingerprint density at radius 2 is 2.38 bits per heavy atom. The second-order valence-corrected chi connectivity index (χ2v) is 4.47. The molecule has 1 aliphatic rings. The Hall–Kier alpha value is -0.840. The van der Waals surface area contributed by atoms with Crippen LogP contribution in [0.25, 0.3) is 0 Å². The van der Waals surface area contributed by atoms with E-state index in [4.69, 9.17) is 4.74 Å². The lowest BCUT2D eigenvalue weighted by molar-refractivity contribution is -0.0540. The molecular formula is C11H20FNO3. The molecule has 4 nitrogen and oxygen atoms in total. The first-order chi connectivity index (χ1) is 7.47. The molecule has 0 saturated carbocycles. The number of hydrogen-bond donors (Lipinski definition) is 1. The van der Waals surface area contributed by atoms with Gasteiger partial charge >= 0.3 is 6.09 Å². The summed E-state index contributed by atoms with van der Waals surface area (Å²) >= 11 is 0. The van der Waals surface area contributed by atoms with Crippen molar-refractivity contribution in [1.82, 2.24) is 4.90 Å². The van der Waals surface area contributed by atoms with Gasteiger partial charge in [-0.1, -0.05) is 13.3 Å². The molecule has 0 aromatic heterocycles. The van der Waals surface area contributed by atoms with Crippen LogP contribution < -0.4 is 0 Å². The minimum absolute atomic E-state index is 0.0981. The fourth-order valence-electron chi connectivity index (χ4n) is 1.69. The number of hydrogen-bond acceptors (Lipinski definition) is 3. The quantitative estimate of drug-likeness (QED) is 0.755. The summed E-state index contributed by atoms with van der Waals surface area (Å²) in [5.74, 6) is 0. The molecule has 0 bridgehead atoms. The Kier molecular flexibility index (Phi) is 4.53. The molecule has 0 spiro atoms. The first kappa shape index (κ1) is 13.2. The van der Waals surface area contributed by atoms with E-state index in [9.17, 15) is 14.3 Å². The van der Waals surface area contributed by atoms with E-state index < -0.39 is 17.9 Å². The van der Waals surface area contributed by atoms with Gasteiger partial charge in [0.25, 0.3) is 0 Å². The average Bonchev–Trinajstić information content (AvgIpc) is 2.22. The second kappa shape index (κ2) is 5.48. The third-order valence-corrected chi connectivity index (χ3v) is 2.85. The predicted octanol–water partition coefficient (Wildman–Crippen LogP) is 1.72. The predicted molar refractivity (Wildman–Crippen MR) is 58.0 cm³/mol. The van der Waals surface area contributed by atoms with Gasteiger partial charge in [-0.05, 0) is 19.8 Å². The summed E-state index contributed by atoms with van der Waals surface area (Å²) in [7, 11) is 0. The molecule has 0 aromatic rings. The maximum atomic E-state index is 13.8. The Morgan fingerprint density at radius 3 is 2.94 bits per heavy atom. The van der Waals surface area contributed by atoms with E-state index >= 15 is 0 Å². The summed E-state index contributed by atoms with van der Waals surface area (Å²) in [5, 5.41) is 9.40. The number of nitrogens with zero attached hydrogens (tertiary/aromatic N) is 1. The van der Waals surface area contributed by atoms with Crippen LogP contribution in [0.1, 0.15) is 33.1 Å². The van der Waals surface area contributed by atoms with Gasteiger partial charge in [0.15, 0.2) is 5.67 Å². The zero-order valence-corrected chi connectivity index (χ0v) is 9.91. The highest BCUT2D eigenvalue weighted by atomic mass is 19.1. The van der Waals surface area contributed by atoms with E-state index in [1.165, 1.54) is 11.8 Å². The number of likely N-dealkylation sites (tertiary alicyclic amines) is 1. The van der Waals surface area contributed by atoms with Crippen molar-refractivity contribution in [2.45, 2.75) is 44.9 Å². The topological polar surface area (TPSA) is 49.8 Å². The standard InChI is InChI=1S/C11H20FNO3/c1-3-4-7-16-10(15)13-6-5-9(14)11(2,12)8-13/h9,14H,3-8H2,1-2H3. The number of amides is 1. The summed E-state index contributed by atoms with van der Waals surface area (Å²) in [6.07, 6.45) is 0.550. The molecule has 0 radical (unpaired) electrons. The van der Waals surface area contributed by atoms with Crippen LogP contribution in [0.15, 0.2) is 0 Å². The third-order valence-electron chi connectivity index (χ3n) is 2.85. The van der Waals surface area contributed by atoms with Crippen LogP contribution in [0.2, 0.25) is 0 Å². The van der Waals surface area contributed by atoms with Gasteiger partial charge in [-0.2, -0.15) is 0 Å². The van der Waals surface area contributed by atoms with Gasteiger partial charge in [0, 0.05) is 6.54 Å². The lowest BCUT2D eigenvalue weighted by Gasteiger charge is -2.37. The average molecular weight is 233 g/mol. The van der Waals surface area contributed by atoms with Crippen molar-refractivity contribution in [2.75, 3.05) is 19.7 Å². The molecule has 1 saturated heterocycles. The molecule has 0 aliphatic carbocycles. The normalized spacial score (nSPS) is 30.2.